The summed E-state index contributed by atoms with van der Waals surface area (Å²) in [6, 6.07) is 0. The van der Waals surface area contributed by atoms with E-state index in [-0.39, 0.29) is 28.8 Å². The molecule has 0 aromatic rings. The second-order valence-electron chi connectivity index (χ2n) is 6.48. The van der Waals surface area contributed by atoms with Crippen molar-refractivity contribution in [3.63, 3.8) is 0 Å². The van der Waals surface area contributed by atoms with Gasteiger partial charge < -0.3 is 14.7 Å². The number of unbranched alkanes of at least 4 members (excludes halogenated alkanes) is 14. The number of carbonyl (C=O) groups is 1. The molecule has 0 heterocycles. The van der Waals surface area contributed by atoms with Crippen molar-refractivity contribution >= 4 is 13.3 Å². The van der Waals surface area contributed by atoms with Gasteiger partial charge in [-0.15, -0.1) is 0 Å². The van der Waals surface area contributed by atoms with E-state index in [0.717, 1.165) is 12.8 Å². The zero-order chi connectivity index (χ0) is 17.2. The van der Waals surface area contributed by atoms with Crippen LogP contribution in [0.25, 0.3) is 0 Å². The Balaban J connectivity index is 0. The molecule has 0 aromatic heterocycles. The predicted octanol–water partition coefficient (Wildman–Crippen LogP) is 3.49. The maximum atomic E-state index is 11.0. The number of carbonyl (C=O) groups excluding carboxylic acids is 1. The van der Waals surface area contributed by atoms with Crippen molar-refractivity contribution in [1.29, 1.82) is 0 Å². The quantitative estimate of drug-likeness (QED) is 0.267. The topological polar surface area (TPSA) is 72.4 Å². The summed E-state index contributed by atoms with van der Waals surface area (Å²) in [4.78, 5) is 11.0. The molecule has 0 aliphatic heterocycles. The largest absolute Gasteiger partial charge is 2.00 e. The molecule has 0 atom stereocenters. The van der Waals surface area contributed by atoms with Crippen molar-refractivity contribution in [2.75, 3.05) is 0 Å². The zero-order valence-corrected chi connectivity index (χ0v) is 17.7. The molecule has 0 N–H and O–H groups in total. The first-order valence-electron chi connectivity index (χ1n) is 9.68. The van der Waals surface area contributed by atoms with Crippen molar-refractivity contribution in [2.45, 2.75) is 110 Å². The Hall–Kier alpha value is 0.195. The van der Waals surface area contributed by atoms with E-state index in [1.54, 1.807) is 0 Å². The third-order valence-corrected chi connectivity index (χ3v) is 4.21. The monoisotopic (exact) mass is 419 g/mol. The summed E-state index contributed by atoms with van der Waals surface area (Å²) in [6.07, 6.45) is 19.2. The van der Waals surface area contributed by atoms with Crippen LogP contribution in [0.15, 0.2) is 0 Å². The smallest absolute Gasteiger partial charge is 0.860 e. The van der Waals surface area contributed by atoms with Crippen LogP contribution in [0.2, 0.25) is 0 Å². The Labute approximate surface area is 164 Å². The van der Waals surface area contributed by atoms with E-state index < -0.39 is 13.3 Å². The third kappa shape index (κ3) is 22.2. The maximum Gasteiger partial charge on any atom is 2.00 e. The fourth-order valence-corrected chi connectivity index (χ4v) is 2.81. The first-order valence-corrected chi connectivity index (χ1v) is 9.68. The van der Waals surface area contributed by atoms with Crippen molar-refractivity contribution in [2.24, 2.45) is 0 Å². The third-order valence-electron chi connectivity index (χ3n) is 4.21. The molecular formula is C18H35BNbO4. The van der Waals surface area contributed by atoms with Gasteiger partial charge in [-0.25, -0.2) is 0 Å². The summed E-state index contributed by atoms with van der Waals surface area (Å²) < 4.78 is 4.02. The Morgan fingerprint density at radius 2 is 1.04 bits per heavy atom. The first kappa shape index (κ1) is 26.4. The molecule has 4 nitrogen and oxygen atoms in total. The minimum absolute atomic E-state index is 0. The van der Waals surface area contributed by atoms with E-state index in [0.29, 0.717) is 6.42 Å². The Morgan fingerprint density at radius 1 is 0.708 bits per heavy atom. The molecular weight excluding hydrogens is 384 g/mol. The minimum atomic E-state index is -2.47. The van der Waals surface area contributed by atoms with Gasteiger partial charge in [-0.1, -0.05) is 96.8 Å². The summed E-state index contributed by atoms with van der Waals surface area (Å²) in [5, 5.41) is 20.2. The van der Waals surface area contributed by atoms with Crippen LogP contribution in [0.4, 0.5) is 0 Å². The fraction of sp³-hybridized carbons (Fsp3) is 0.944. The van der Waals surface area contributed by atoms with Gasteiger partial charge in [0.1, 0.15) is 7.32 Å². The first-order chi connectivity index (χ1) is 11.2. The number of hydrogen-bond acceptors (Lipinski definition) is 4. The molecule has 0 unspecified atom stereocenters. The van der Waals surface area contributed by atoms with Gasteiger partial charge >= 0.3 is 22.4 Å². The van der Waals surface area contributed by atoms with Gasteiger partial charge in [-0.3, -0.25) is 4.79 Å². The zero-order valence-electron chi connectivity index (χ0n) is 15.5. The van der Waals surface area contributed by atoms with Crippen LogP contribution >= 0.6 is 0 Å². The van der Waals surface area contributed by atoms with Gasteiger partial charge in [0.25, 0.3) is 5.97 Å². The van der Waals surface area contributed by atoms with Crippen LogP contribution < -0.4 is 10.0 Å². The number of hydrogen-bond donors (Lipinski definition) is 0. The molecule has 0 aliphatic rings. The molecule has 0 saturated heterocycles. The molecule has 0 fully saturated rings. The standard InChI is InChI=1S/C18H35BO4.Nb/c1-2-3-4-5-6-7-8-9-10-11-12-13-14-15-16-17-18(20)23-19(21)22;/h2-17H2,1H3;/q-2;+2. The van der Waals surface area contributed by atoms with Gasteiger partial charge in [-0.05, 0) is 6.42 Å². The molecule has 0 aromatic carbocycles. The second-order valence-corrected chi connectivity index (χ2v) is 6.48. The van der Waals surface area contributed by atoms with Gasteiger partial charge in [0.05, 0.1) is 0 Å². The Kier molecular flexibility index (Phi) is 23.4. The summed E-state index contributed by atoms with van der Waals surface area (Å²) in [6.45, 7) is 2.26. The van der Waals surface area contributed by atoms with Crippen LogP contribution in [-0.4, -0.2) is 13.3 Å². The second kappa shape index (κ2) is 21.2. The molecule has 0 aliphatic carbocycles. The van der Waals surface area contributed by atoms with Crippen LogP contribution in [0.5, 0.6) is 0 Å². The normalized spacial score (nSPS) is 10.3. The van der Waals surface area contributed by atoms with Crippen molar-refractivity contribution in [1.82, 2.24) is 0 Å². The number of rotatable bonds is 17. The van der Waals surface area contributed by atoms with E-state index >= 15 is 0 Å². The molecule has 0 saturated carbocycles. The van der Waals surface area contributed by atoms with E-state index in [2.05, 4.69) is 11.6 Å². The molecule has 24 heavy (non-hydrogen) atoms. The molecule has 0 amide bonds. The van der Waals surface area contributed by atoms with E-state index in [1.165, 1.54) is 77.0 Å². The van der Waals surface area contributed by atoms with E-state index in [9.17, 15) is 14.8 Å². The molecule has 1 radical (unpaired) electrons. The Morgan fingerprint density at radius 3 is 1.38 bits per heavy atom. The van der Waals surface area contributed by atoms with Gasteiger partial charge in [0, 0.05) is 6.42 Å². The van der Waals surface area contributed by atoms with Crippen LogP contribution in [0.1, 0.15) is 110 Å². The van der Waals surface area contributed by atoms with Crippen molar-refractivity contribution in [3.8, 4) is 0 Å². The van der Waals surface area contributed by atoms with E-state index in [1.807, 2.05) is 0 Å². The predicted molar refractivity (Wildman–Crippen MR) is 91.4 cm³/mol. The maximum absolute atomic E-state index is 11.0. The molecule has 0 spiro atoms. The fourth-order valence-electron chi connectivity index (χ4n) is 2.81. The summed E-state index contributed by atoms with van der Waals surface area (Å²) >= 11 is 0. The summed E-state index contributed by atoms with van der Waals surface area (Å²) in [7, 11) is -2.47. The van der Waals surface area contributed by atoms with Crippen LogP contribution in [0.3, 0.4) is 0 Å². The molecule has 6 heteroatoms. The average molecular weight is 419 g/mol. The summed E-state index contributed by atoms with van der Waals surface area (Å²) in [5.41, 5.74) is 0. The SMILES string of the molecule is CCCCCCCCCCCCCCCCCC(=O)OB([O-])[O-].[Nb+2]. The van der Waals surface area contributed by atoms with Crippen LogP contribution in [0, 0.1) is 0 Å². The molecule has 0 rings (SSSR count). The minimum Gasteiger partial charge on any atom is -0.860 e. The van der Waals surface area contributed by atoms with Gasteiger partial charge in [0.2, 0.25) is 0 Å². The van der Waals surface area contributed by atoms with Crippen LogP contribution in [-0.2, 0) is 31.8 Å². The van der Waals surface area contributed by atoms with Gasteiger partial charge in [0.15, 0.2) is 0 Å². The van der Waals surface area contributed by atoms with E-state index in [4.69, 9.17) is 0 Å². The summed E-state index contributed by atoms with van der Waals surface area (Å²) in [5.74, 6) is -0.658. The van der Waals surface area contributed by atoms with Crippen molar-refractivity contribution < 1.29 is 41.9 Å². The average Bonchev–Trinajstić information content (AvgIpc) is 2.50. The molecule has 139 valence electrons. The Bertz CT molecular complexity index is 265. The van der Waals surface area contributed by atoms with Gasteiger partial charge in [-0.2, -0.15) is 0 Å². The molecule has 0 bridgehead atoms. The van der Waals surface area contributed by atoms with Crippen molar-refractivity contribution in [3.05, 3.63) is 0 Å².